The SMILES string of the molecule is CCN(C)c1cccc(C(=O)c2ccccc2)c1N(C)CC. The lowest BCUT2D eigenvalue weighted by Crippen LogP contribution is -2.25. The first-order chi connectivity index (χ1) is 10.6. The van der Waals surface area contributed by atoms with E-state index in [0.29, 0.717) is 0 Å². The third kappa shape index (κ3) is 3.14. The molecule has 0 bridgehead atoms. The summed E-state index contributed by atoms with van der Waals surface area (Å²) in [6, 6.07) is 15.4. The van der Waals surface area contributed by atoms with Gasteiger partial charge in [-0.3, -0.25) is 4.79 Å². The van der Waals surface area contributed by atoms with E-state index in [2.05, 4.69) is 36.8 Å². The Kier molecular flexibility index (Phi) is 5.21. The van der Waals surface area contributed by atoms with E-state index < -0.39 is 0 Å². The van der Waals surface area contributed by atoms with Gasteiger partial charge in [0.2, 0.25) is 0 Å². The molecule has 0 aliphatic rings. The van der Waals surface area contributed by atoms with Crippen LogP contribution in [-0.4, -0.2) is 33.0 Å². The van der Waals surface area contributed by atoms with Crippen LogP contribution in [0.4, 0.5) is 11.4 Å². The molecule has 116 valence electrons. The molecule has 0 aliphatic heterocycles. The van der Waals surface area contributed by atoms with E-state index in [1.54, 1.807) is 0 Å². The van der Waals surface area contributed by atoms with Crippen molar-refractivity contribution >= 4 is 17.2 Å². The Morgan fingerprint density at radius 2 is 1.50 bits per heavy atom. The van der Waals surface area contributed by atoms with E-state index in [-0.39, 0.29) is 5.78 Å². The van der Waals surface area contributed by atoms with Gasteiger partial charge < -0.3 is 9.80 Å². The fourth-order valence-corrected chi connectivity index (χ4v) is 2.50. The van der Waals surface area contributed by atoms with E-state index in [1.807, 2.05) is 49.5 Å². The van der Waals surface area contributed by atoms with Crippen LogP contribution in [0.3, 0.4) is 0 Å². The zero-order valence-corrected chi connectivity index (χ0v) is 13.8. The van der Waals surface area contributed by atoms with Gasteiger partial charge in [-0.2, -0.15) is 0 Å². The number of hydrogen-bond acceptors (Lipinski definition) is 3. The average Bonchev–Trinajstić information content (AvgIpc) is 2.59. The molecule has 2 aromatic carbocycles. The molecule has 0 N–H and O–H groups in total. The molecule has 2 aromatic rings. The molecule has 0 unspecified atom stereocenters. The maximum Gasteiger partial charge on any atom is 0.195 e. The van der Waals surface area contributed by atoms with Gasteiger partial charge in [-0.15, -0.1) is 0 Å². The third-order valence-corrected chi connectivity index (χ3v) is 4.04. The summed E-state index contributed by atoms with van der Waals surface area (Å²) in [5.41, 5.74) is 3.58. The van der Waals surface area contributed by atoms with Crippen molar-refractivity contribution in [1.29, 1.82) is 0 Å². The molecule has 0 saturated heterocycles. The predicted molar refractivity (Wildman–Crippen MR) is 94.2 cm³/mol. The fraction of sp³-hybridized carbons (Fsp3) is 0.316. The van der Waals surface area contributed by atoms with Crippen LogP contribution < -0.4 is 9.80 Å². The molecule has 22 heavy (non-hydrogen) atoms. The second-order valence-corrected chi connectivity index (χ2v) is 5.40. The molecular formula is C19H24N2O. The summed E-state index contributed by atoms with van der Waals surface area (Å²) >= 11 is 0. The molecule has 2 rings (SSSR count). The molecule has 0 aromatic heterocycles. The van der Waals surface area contributed by atoms with E-state index >= 15 is 0 Å². The van der Waals surface area contributed by atoms with Crippen LogP contribution in [0.25, 0.3) is 0 Å². The van der Waals surface area contributed by atoms with Crippen LogP contribution in [-0.2, 0) is 0 Å². The van der Waals surface area contributed by atoms with Crippen molar-refractivity contribution in [2.24, 2.45) is 0 Å². The quantitative estimate of drug-likeness (QED) is 0.757. The van der Waals surface area contributed by atoms with Crippen LogP contribution in [0.15, 0.2) is 48.5 Å². The molecule has 0 aliphatic carbocycles. The highest BCUT2D eigenvalue weighted by atomic mass is 16.1. The molecule has 0 amide bonds. The Morgan fingerprint density at radius 1 is 0.864 bits per heavy atom. The monoisotopic (exact) mass is 296 g/mol. The highest BCUT2D eigenvalue weighted by Gasteiger charge is 2.20. The summed E-state index contributed by atoms with van der Waals surface area (Å²) in [5, 5.41) is 0. The van der Waals surface area contributed by atoms with Gasteiger partial charge in [0, 0.05) is 38.3 Å². The van der Waals surface area contributed by atoms with E-state index in [0.717, 1.165) is 35.6 Å². The van der Waals surface area contributed by atoms with Gasteiger partial charge in [0.15, 0.2) is 5.78 Å². The van der Waals surface area contributed by atoms with Crippen molar-refractivity contribution in [1.82, 2.24) is 0 Å². The maximum atomic E-state index is 12.9. The molecule has 3 heteroatoms. The predicted octanol–water partition coefficient (Wildman–Crippen LogP) is 3.83. The first-order valence-corrected chi connectivity index (χ1v) is 7.75. The Balaban J connectivity index is 2.58. The summed E-state index contributed by atoms with van der Waals surface area (Å²) in [6.07, 6.45) is 0. The summed E-state index contributed by atoms with van der Waals surface area (Å²) in [5.74, 6) is 0.0715. The maximum absolute atomic E-state index is 12.9. The van der Waals surface area contributed by atoms with Crippen LogP contribution >= 0.6 is 0 Å². The van der Waals surface area contributed by atoms with E-state index in [1.165, 1.54) is 0 Å². The van der Waals surface area contributed by atoms with Gasteiger partial charge in [0.05, 0.1) is 11.4 Å². The van der Waals surface area contributed by atoms with Gasteiger partial charge >= 0.3 is 0 Å². The summed E-state index contributed by atoms with van der Waals surface area (Å²) in [6.45, 7) is 5.96. The number of anilines is 2. The molecule has 0 atom stereocenters. The van der Waals surface area contributed by atoms with Crippen molar-refractivity contribution in [3.05, 3.63) is 59.7 Å². The number of nitrogens with zero attached hydrogens (tertiary/aromatic N) is 2. The summed E-state index contributed by atoms with van der Waals surface area (Å²) < 4.78 is 0. The second-order valence-electron chi connectivity index (χ2n) is 5.40. The Hall–Kier alpha value is -2.29. The van der Waals surface area contributed by atoms with Gasteiger partial charge in [0.25, 0.3) is 0 Å². The molecule has 0 radical (unpaired) electrons. The van der Waals surface area contributed by atoms with E-state index in [9.17, 15) is 4.79 Å². The molecule has 0 saturated carbocycles. The minimum absolute atomic E-state index is 0.0715. The molecule has 0 fully saturated rings. The van der Waals surface area contributed by atoms with Crippen LogP contribution in [0.2, 0.25) is 0 Å². The minimum atomic E-state index is 0.0715. The van der Waals surface area contributed by atoms with Crippen LogP contribution in [0.5, 0.6) is 0 Å². The molecule has 3 nitrogen and oxygen atoms in total. The highest BCUT2D eigenvalue weighted by Crippen LogP contribution is 2.33. The first kappa shape index (κ1) is 16.1. The van der Waals surface area contributed by atoms with Crippen molar-refractivity contribution in [2.75, 3.05) is 37.0 Å². The number of carbonyl (C=O) groups excluding carboxylic acids is 1. The van der Waals surface area contributed by atoms with Gasteiger partial charge in [-0.05, 0) is 26.0 Å². The molecule has 0 spiro atoms. The topological polar surface area (TPSA) is 23.6 Å². The third-order valence-electron chi connectivity index (χ3n) is 4.04. The molecule has 0 heterocycles. The minimum Gasteiger partial charge on any atom is -0.373 e. The summed E-state index contributed by atoms with van der Waals surface area (Å²) in [7, 11) is 4.09. The molecular weight excluding hydrogens is 272 g/mol. The standard InChI is InChI=1S/C19H24N2O/c1-5-20(3)17-14-10-13-16(18(17)21(4)6-2)19(22)15-11-8-7-9-12-15/h7-14H,5-6H2,1-4H3. The number of ketones is 1. The number of rotatable bonds is 6. The zero-order chi connectivity index (χ0) is 16.1. The van der Waals surface area contributed by atoms with Gasteiger partial charge in [-0.1, -0.05) is 36.4 Å². The lowest BCUT2D eigenvalue weighted by molar-refractivity contribution is 0.103. The normalized spacial score (nSPS) is 10.4. The summed E-state index contributed by atoms with van der Waals surface area (Å²) in [4.78, 5) is 17.2. The number of benzene rings is 2. The van der Waals surface area contributed by atoms with Crippen molar-refractivity contribution in [2.45, 2.75) is 13.8 Å². The van der Waals surface area contributed by atoms with Crippen molar-refractivity contribution < 1.29 is 4.79 Å². The Bertz CT molecular complexity index is 637. The Morgan fingerprint density at radius 3 is 2.09 bits per heavy atom. The number of para-hydroxylation sites is 1. The first-order valence-electron chi connectivity index (χ1n) is 7.75. The highest BCUT2D eigenvalue weighted by molar-refractivity contribution is 6.13. The van der Waals surface area contributed by atoms with E-state index in [4.69, 9.17) is 0 Å². The second kappa shape index (κ2) is 7.12. The fourth-order valence-electron chi connectivity index (χ4n) is 2.50. The van der Waals surface area contributed by atoms with Gasteiger partial charge in [-0.25, -0.2) is 0 Å². The lowest BCUT2D eigenvalue weighted by Gasteiger charge is -2.28. The van der Waals surface area contributed by atoms with Crippen LogP contribution in [0, 0.1) is 0 Å². The number of hydrogen-bond donors (Lipinski definition) is 0. The van der Waals surface area contributed by atoms with Crippen molar-refractivity contribution in [3.8, 4) is 0 Å². The lowest BCUT2D eigenvalue weighted by atomic mass is 9.99. The van der Waals surface area contributed by atoms with Crippen molar-refractivity contribution in [3.63, 3.8) is 0 Å². The van der Waals surface area contributed by atoms with Crippen LogP contribution in [0.1, 0.15) is 29.8 Å². The Labute approximate surface area is 133 Å². The smallest absolute Gasteiger partial charge is 0.195 e. The average molecular weight is 296 g/mol. The largest absolute Gasteiger partial charge is 0.373 e. The number of carbonyl (C=O) groups is 1. The van der Waals surface area contributed by atoms with Gasteiger partial charge in [0.1, 0.15) is 0 Å². The zero-order valence-electron chi connectivity index (χ0n) is 13.8.